The number of phenolic OH excluding ortho intramolecular Hbond substituents is 1. The molecule has 2 aromatic carbocycles. The molecule has 0 heterocycles. The van der Waals surface area contributed by atoms with Gasteiger partial charge in [-0.2, -0.15) is 5.10 Å². The van der Waals surface area contributed by atoms with E-state index in [-0.39, 0.29) is 18.2 Å². The zero-order chi connectivity index (χ0) is 16.8. The van der Waals surface area contributed by atoms with Crippen molar-refractivity contribution in [1.29, 1.82) is 0 Å². The average molecular weight is 441 g/mol. The Morgan fingerprint density at radius 1 is 1.26 bits per heavy atom. The largest absolute Gasteiger partial charge is 0.507 e. The lowest BCUT2D eigenvalue weighted by Gasteiger charge is -2.09. The minimum absolute atomic E-state index is 0.0834. The molecule has 2 rings (SSSR count). The van der Waals surface area contributed by atoms with E-state index < -0.39 is 0 Å². The van der Waals surface area contributed by atoms with Crippen molar-refractivity contribution in [3.8, 4) is 5.75 Å². The predicted octanol–water partition coefficient (Wildman–Crippen LogP) is 3.79. The van der Waals surface area contributed by atoms with Gasteiger partial charge in [-0.15, -0.1) is 0 Å². The maximum absolute atomic E-state index is 11.8. The number of hydrogen-bond donors (Lipinski definition) is 3. The van der Waals surface area contributed by atoms with Crippen LogP contribution in [0.3, 0.4) is 0 Å². The molecule has 5 nitrogen and oxygen atoms in total. The Hall–Kier alpha value is -1.86. The van der Waals surface area contributed by atoms with Crippen LogP contribution in [0.1, 0.15) is 11.1 Å². The van der Waals surface area contributed by atoms with Crippen LogP contribution in [-0.4, -0.2) is 23.8 Å². The smallest absolute Gasteiger partial charge is 0.259 e. The van der Waals surface area contributed by atoms with E-state index in [2.05, 4.69) is 47.7 Å². The molecule has 0 aromatic heterocycles. The first-order chi connectivity index (χ1) is 11.0. The van der Waals surface area contributed by atoms with Gasteiger partial charge < -0.3 is 10.4 Å². The Morgan fingerprint density at radius 3 is 2.57 bits per heavy atom. The van der Waals surface area contributed by atoms with Gasteiger partial charge in [0.25, 0.3) is 5.91 Å². The molecule has 0 atom stereocenters. The topological polar surface area (TPSA) is 73.7 Å². The van der Waals surface area contributed by atoms with E-state index in [1.807, 2.05) is 19.1 Å². The molecular formula is C16H15Br2N3O2. The number of anilines is 1. The van der Waals surface area contributed by atoms with Crippen LogP contribution in [0, 0.1) is 6.92 Å². The third-order valence-electron chi connectivity index (χ3n) is 3.06. The van der Waals surface area contributed by atoms with Crippen molar-refractivity contribution in [2.24, 2.45) is 5.10 Å². The molecular weight excluding hydrogens is 426 g/mol. The van der Waals surface area contributed by atoms with E-state index in [0.29, 0.717) is 5.56 Å². The van der Waals surface area contributed by atoms with Gasteiger partial charge in [0.15, 0.2) is 0 Å². The quantitative estimate of drug-likeness (QED) is 0.489. The number of phenols is 1. The fourth-order valence-corrected chi connectivity index (χ4v) is 2.93. The lowest BCUT2D eigenvalue weighted by molar-refractivity contribution is -0.119. The molecule has 0 aliphatic heterocycles. The van der Waals surface area contributed by atoms with Gasteiger partial charge in [0.1, 0.15) is 5.75 Å². The number of nitrogens with one attached hydrogen (secondary N) is 2. The Kier molecular flexibility index (Phi) is 6.18. The second-order valence-corrected chi connectivity index (χ2v) is 6.48. The van der Waals surface area contributed by atoms with Crippen LogP contribution < -0.4 is 10.7 Å². The van der Waals surface area contributed by atoms with Crippen LogP contribution >= 0.6 is 31.9 Å². The third-order valence-corrected chi connectivity index (χ3v) is 4.71. The molecule has 7 heteroatoms. The summed E-state index contributed by atoms with van der Waals surface area (Å²) in [4.78, 5) is 11.8. The van der Waals surface area contributed by atoms with Crippen LogP contribution in [0.25, 0.3) is 0 Å². The monoisotopic (exact) mass is 439 g/mol. The first kappa shape index (κ1) is 17.5. The highest BCUT2D eigenvalue weighted by Gasteiger charge is 2.05. The molecule has 0 saturated carbocycles. The zero-order valence-corrected chi connectivity index (χ0v) is 15.5. The number of para-hydroxylation sites is 1. The summed E-state index contributed by atoms with van der Waals surface area (Å²) in [5, 5.41) is 16.4. The molecule has 1 amide bonds. The second kappa shape index (κ2) is 8.12. The van der Waals surface area contributed by atoms with Gasteiger partial charge >= 0.3 is 0 Å². The normalized spacial score (nSPS) is 10.7. The van der Waals surface area contributed by atoms with Crippen LogP contribution in [0.15, 0.2) is 50.4 Å². The fourth-order valence-electron chi connectivity index (χ4n) is 1.74. The van der Waals surface area contributed by atoms with Crippen molar-refractivity contribution in [1.82, 2.24) is 5.43 Å². The van der Waals surface area contributed by atoms with Crippen molar-refractivity contribution < 1.29 is 9.90 Å². The number of carbonyl (C=O) groups excluding carboxylic acids is 1. The molecule has 0 fully saturated rings. The predicted molar refractivity (Wildman–Crippen MR) is 98.9 cm³/mol. The lowest BCUT2D eigenvalue weighted by Crippen LogP contribution is -2.25. The highest BCUT2D eigenvalue weighted by atomic mass is 79.9. The number of carbonyl (C=O) groups is 1. The summed E-state index contributed by atoms with van der Waals surface area (Å²) in [7, 11) is 0. The molecule has 0 radical (unpaired) electrons. The Morgan fingerprint density at radius 2 is 1.91 bits per heavy atom. The molecule has 0 unspecified atom stereocenters. The van der Waals surface area contributed by atoms with Crippen molar-refractivity contribution in [3.05, 3.63) is 56.5 Å². The number of rotatable bonds is 5. The Bertz CT molecular complexity index is 725. The molecule has 3 N–H and O–H groups in total. The highest BCUT2D eigenvalue weighted by Crippen LogP contribution is 2.28. The summed E-state index contributed by atoms with van der Waals surface area (Å²) in [6, 6.07) is 10.5. The SMILES string of the molecule is Cc1c(Br)cc(NCC(=O)N/N=C/c2ccccc2O)cc1Br. The first-order valence-corrected chi connectivity index (χ1v) is 8.35. The Labute approximate surface area is 151 Å². The molecule has 0 aliphatic rings. The van der Waals surface area contributed by atoms with E-state index >= 15 is 0 Å². The van der Waals surface area contributed by atoms with Gasteiger partial charge in [-0.3, -0.25) is 4.79 Å². The van der Waals surface area contributed by atoms with Crippen molar-refractivity contribution >= 4 is 49.7 Å². The van der Waals surface area contributed by atoms with Crippen LogP contribution in [0.5, 0.6) is 5.75 Å². The van der Waals surface area contributed by atoms with Crippen molar-refractivity contribution in [2.45, 2.75) is 6.92 Å². The molecule has 0 bridgehead atoms. The van der Waals surface area contributed by atoms with E-state index in [4.69, 9.17) is 0 Å². The van der Waals surface area contributed by atoms with Crippen LogP contribution in [0.2, 0.25) is 0 Å². The fraction of sp³-hybridized carbons (Fsp3) is 0.125. The molecule has 23 heavy (non-hydrogen) atoms. The summed E-state index contributed by atoms with van der Waals surface area (Å²) in [6.07, 6.45) is 1.40. The summed E-state index contributed by atoms with van der Waals surface area (Å²) in [5.74, 6) is -0.178. The average Bonchev–Trinajstić information content (AvgIpc) is 2.52. The summed E-state index contributed by atoms with van der Waals surface area (Å²) in [5.41, 5.74) is 4.84. The van der Waals surface area contributed by atoms with Gasteiger partial charge in [-0.1, -0.05) is 44.0 Å². The zero-order valence-electron chi connectivity index (χ0n) is 12.3. The number of amides is 1. The lowest BCUT2D eigenvalue weighted by atomic mass is 10.2. The number of benzene rings is 2. The standard InChI is InChI=1S/C16H15Br2N3O2/c1-10-13(17)6-12(7-14(10)18)19-9-16(23)21-20-8-11-4-2-3-5-15(11)22/h2-8,19,22H,9H2,1H3,(H,21,23)/b20-8+. The first-order valence-electron chi connectivity index (χ1n) is 6.77. The summed E-state index contributed by atoms with van der Waals surface area (Å²) in [6.45, 7) is 2.07. The molecule has 0 spiro atoms. The van der Waals surface area contributed by atoms with Gasteiger partial charge in [0.2, 0.25) is 0 Å². The minimum atomic E-state index is -0.288. The molecule has 2 aromatic rings. The number of halogens is 2. The summed E-state index contributed by atoms with van der Waals surface area (Å²) < 4.78 is 1.90. The summed E-state index contributed by atoms with van der Waals surface area (Å²) >= 11 is 6.92. The number of hydrogen-bond acceptors (Lipinski definition) is 4. The van der Waals surface area contributed by atoms with Crippen LogP contribution in [-0.2, 0) is 4.79 Å². The number of hydrazone groups is 1. The molecule has 120 valence electrons. The molecule has 0 saturated heterocycles. The van der Waals surface area contributed by atoms with Gasteiger partial charge in [-0.25, -0.2) is 5.43 Å². The Balaban J connectivity index is 1.87. The second-order valence-electron chi connectivity index (χ2n) is 4.77. The van der Waals surface area contributed by atoms with Gasteiger partial charge in [-0.05, 0) is 36.8 Å². The maximum Gasteiger partial charge on any atom is 0.259 e. The highest BCUT2D eigenvalue weighted by molar-refractivity contribution is 9.11. The minimum Gasteiger partial charge on any atom is -0.507 e. The van der Waals surface area contributed by atoms with Gasteiger partial charge in [0.05, 0.1) is 12.8 Å². The maximum atomic E-state index is 11.8. The van der Waals surface area contributed by atoms with E-state index in [0.717, 1.165) is 20.2 Å². The third kappa shape index (κ3) is 5.07. The number of aromatic hydroxyl groups is 1. The van der Waals surface area contributed by atoms with Gasteiger partial charge in [0, 0.05) is 20.2 Å². The van der Waals surface area contributed by atoms with E-state index in [9.17, 15) is 9.90 Å². The van der Waals surface area contributed by atoms with Crippen LogP contribution in [0.4, 0.5) is 5.69 Å². The van der Waals surface area contributed by atoms with Crippen molar-refractivity contribution in [3.63, 3.8) is 0 Å². The van der Waals surface area contributed by atoms with Crippen molar-refractivity contribution in [2.75, 3.05) is 11.9 Å². The van der Waals surface area contributed by atoms with E-state index in [1.54, 1.807) is 24.3 Å². The van der Waals surface area contributed by atoms with E-state index in [1.165, 1.54) is 6.21 Å². The molecule has 0 aliphatic carbocycles. The number of nitrogens with zero attached hydrogens (tertiary/aromatic N) is 1.